The standard InChI is InChI=1S/C17H10BrN5O5S/c18-13-6-3-11(7-14(13)23(27)28)8-15-16(24)20-17(29-15)21-19-9-10-1-4-12(5-2-10)22(25)26/h1-9H,(H,20,21,24)/b15-8-,19-9-. The average molecular weight is 476 g/mol. The van der Waals surface area contributed by atoms with Gasteiger partial charge in [-0.2, -0.15) is 5.10 Å². The van der Waals surface area contributed by atoms with Crippen molar-refractivity contribution in [2.75, 3.05) is 0 Å². The van der Waals surface area contributed by atoms with Crippen LogP contribution in [0.3, 0.4) is 0 Å². The monoisotopic (exact) mass is 475 g/mol. The number of carbonyl (C=O) groups excluding carboxylic acids is 1. The minimum absolute atomic E-state index is 0.0324. The van der Waals surface area contributed by atoms with Gasteiger partial charge in [0.05, 0.1) is 25.4 Å². The number of benzene rings is 2. The molecule has 3 rings (SSSR count). The summed E-state index contributed by atoms with van der Waals surface area (Å²) in [5.41, 5.74) is 0.958. The summed E-state index contributed by atoms with van der Waals surface area (Å²) in [5.74, 6) is -0.398. The molecule has 0 spiro atoms. The van der Waals surface area contributed by atoms with Gasteiger partial charge in [0, 0.05) is 18.2 Å². The number of nitro groups is 2. The van der Waals surface area contributed by atoms with Crippen molar-refractivity contribution in [1.29, 1.82) is 0 Å². The van der Waals surface area contributed by atoms with Crippen LogP contribution in [0, 0.1) is 20.2 Å². The highest BCUT2D eigenvalue weighted by atomic mass is 79.9. The molecule has 1 amide bonds. The number of thioether (sulfide) groups is 1. The third-order valence-corrected chi connectivity index (χ3v) is 5.15. The van der Waals surface area contributed by atoms with E-state index in [1.165, 1.54) is 48.7 Å². The highest BCUT2D eigenvalue weighted by Crippen LogP contribution is 2.30. The van der Waals surface area contributed by atoms with Crippen LogP contribution in [-0.4, -0.2) is 27.1 Å². The van der Waals surface area contributed by atoms with Gasteiger partial charge in [-0.25, -0.2) is 0 Å². The zero-order valence-electron chi connectivity index (χ0n) is 14.3. The molecule has 1 aliphatic heterocycles. The number of hydrogen-bond acceptors (Lipinski definition) is 8. The second kappa shape index (κ2) is 8.75. The predicted molar refractivity (Wildman–Crippen MR) is 113 cm³/mol. The molecule has 0 unspecified atom stereocenters. The molecule has 29 heavy (non-hydrogen) atoms. The molecule has 0 radical (unpaired) electrons. The Morgan fingerprint density at radius 1 is 1.03 bits per heavy atom. The van der Waals surface area contributed by atoms with Crippen molar-refractivity contribution < 1.29 is 14.6 Å². The molecule has 0 aromatic heterocycles. The maximum Gasteiger partial charge on any atom is 0.284 e. The Labute approximate surface area is 175 Å². The number of non-ortho nitro benzene ring substituents is 1. The predicted octanol–water partition coefficient (Wildman–Crippen LogP) is 3.86. The Morgan fingerprint density at radius 2 is 1.72 bits per heavy atom. The van der Waals surface area contributed by atoms with E-state index in [2.05, 4.69) is 31.4 Å². The number of halogens is 1. The summed E-state index contributed by atoms with van der Waals surface area (Å²) >= 11 is 4.15. The van der Waals surface area contributed by atoms with Gasteiger partial charge < -0.3 is 0 Å². The zero-order chi connectivity index (χ0) is 21.0. The second-order valence-corrected chi connectivity index (χ2v) is 7.42. The van der Waals surface area contributed by atoms with Crippen LogP contribution in [0.15, 0.2) is 62.0 Å². The van der Waals surface area contributed by atoms with Gasteiger partial charge in [0.1, 0.15) is 0 Å². The zero-order valence-corrected chi connectivity index (χ0v) is 16.7. The van der Waals surface area contributed by atoms with Gasteiger partial charge in [-0.1, -0.05) is 6.07 Å². The summed E-state index contributed by atoms with van der Waals surface area (Å²) in [4.78, 5) is 33.0. The number of nitrogens with one attached hydrogen (secondary N) is 1. The number of carbonyl (C=O) groups is 1. The average Bonchev–Trinajstić information content (AvgIpc) is 3.02. The Hall–Kier alpha value is -3.38. The molecule has 1 saturated heterocycles. The van der Waals surface area contributed by atoms with Gasteiger partial charge in [-0.3, -0.25) is 30.3 Å². The summed E-state index contributed by atoms with van der Waals surface area (Å²) < 4.78 is 0.344. The van der Waals surface area contributed by atoms with Crippen molar-refractivity contribution in [3.05, 3.63) is 83.2 Å². The smallest absolute Gasteiger partial charge is 0.284 e. The lowest BCUT2D eigenvalue weighted by Gasteiger charge is -1.98. The van der Waals surface area contributed by atoms with Crippen LogP contribution in [0.1, 0.15) is 11.1 Å². The molecule has 0 aliphatic carbocycles. The van der Waals surface area contributed by atoms with Gasteiger partial charge in [-0.05, 0) is 63.1 Å². The fraction of sp³-hybridized carbons (Fsp3) is 0. The SMILES string of the molecule is O=C1N/C(=N\N=C/c2ccc([N+](=O)[O-])cc2)S/C1=C\c1ccc(Br)c([N+](=O)[O-])c1. The first-order chi connectivity index (χ1) is 13.8. The van der Waals surface area contributed by atoms with Crippen molar-refractivity contribution in [2.24, 2.45) is 10.2 Å². The van der Waals surface area contributed by atoms with Crippen LogP contribution in [0.5, 0.6) is 0 Å². The summed E-state index contributed by atoms with van der Waals surface area (Å²) in [5, 5.41) is 32.2. The largest absolute Gasteiger partial charge is 0.299 e. The molecule has 1 N–H and O–H groups in total. The van der Waals surface area contributed by atoms with E-state index < -0.39 is 15.8 Å². The van der Waals surface area contributed by atoms with Crippen LogP contribution in [0.2, 0.25) is 0 Å². The molecule has 1 aliphatic rings. The Kier molecular flexibility index (Phi) is 6.14. The number of amidine groups is 1. The number of amides is 1. The van der Waals surface area contributed by atoms with Crippen molar-refractivity contribution in [3.63, 3.8) is 0 Å². The first-order valence-corrected chi connectivity index (χ1v) is 9.45. The first-order valence-electron chi connectivity index (χ1n) is 7.84. The third-order valence-electron chi connectivity index (χ3n) is 3.57. The Balaban J connectivity index is 1.72. The number of nitro benzene ring substituents is 2. The van der Waals surface area contributed by atoms with E-state index in [4.69, 9.17) is 0 Å². The van der Waals surface area contributed by atoms with Gasteiger partial charge in [0.15, 0.2) is 5.17 Å². The number of hydrogen-bond donors (Lipinski definition) is 1. The molecule has 0 bridgehead atoms. The minimum atomic E-state index is -0.520. The molecule has 1 fully saturated rings. The summed E-state index contributed by atoms with van der Waals surface area (Å²) in [6.45, 7) is 0. The molecule has 12 heteroatoms. The molecule has 2 aromatic rings. The van der Waals surface area contributed by atoms with E-state index in [9.17, 15) is 25.0 Å². The second-order valence-electron chi connectivity index (χ2n) is 5.53. The molecular weight excluding hydrogens is 466 g/mol. The normalized spacial score (nSPS) is 16.5. The van der Waals surface area contributed by atoms with Crippen molar-refractivity contribution >= 4 is 62.4 Å². The summed E-state index contributed by atoms with van der Waals surface area (Å²) in [6.07, 6.45) is 2.91. The van der Waals surface area contributed by atoms with E-state index >= 15 is 0 Å². The first kappa shape index (κ1) is 20.4. The van der Waals surface area contributed by atoms with Gasteiger partial charge in [0.2, 0.25) is 0 Å². The highest BCUT2D eigenvalue weighted by molar-refractivity contribution is 9.10. The third kappa shape index (κ3) is 5.12. The molecular formula is C17H10BrN5O5S. The molecule has 146 valence electrons. The molecule has 1 heterocycles. The molecule has 2 aromatic carbocycles. The van der Waals surface area contributed by atoms with Crippen molar-refractivity contribution in [1.82, 2.24) is 5.32 Å². The van der Waals surface area contributed by atoms with Gasteiger partial charge in [-0.15, -0.1) is 5.10 Å². The summed E-state index contributed by atoms with van der Waals surface area (Å²) in [6, 6.07) is 10.3. The molecule has 10 nitrogen and oxygen atoms in total. The molecule has 0 atom stereocenters. The fourth-order valence-corrected chi connectivity index (χ4v) is 3.39. The van der Waals surface area contributed by atoms with E-state index in [0.29, 0.717) is 20.5 Å². The number of rotatable bonds is 5. The van der Waals surface area contributed by atoms with Crippen LogP contribution < -0.4 is 5.32 Å². The number of nitrogens with zero attached hydrogens (tertiary/aromatic N) is 4. The lowest BCUT2D eigenvalue weighted by atomic mass is 10.2. The van der Waals surface area contributed by atoms with Crippen LogP contribution in [0.4, 0.5) is 11.4 Å². The van der Waals surface area contributed by atoms with E-state index in [0.717, 1.165) is 11.8 Å². The van der Waals surface area contributed by atoms with Crippen molar-refractivity contribution in [2.45, 2.75) is 0 Å². The van der Waals surface area contributed by atoms with E-state index in [1.807, 2.05) is 0 Å². The maximum absolute atomic E-state index is 12.1. The quantitative estimate of drug-likeness (QED) is 0.301. The van der Waals surface area contributed by atoms with Crippen LogP contribution in [0.25, 0.3) is 6.08 Å². The van der Waals surface area contributed by atoms with Crippen LogP contribution in [-0.2, 0) is 4.79 Å². The topological polar surface area (TPSA) is 140 Å². The van der Waals surface area contributed by atoms with Gasteiger partial charge >= 0.3 is 0 Å². The Bertz CT molecular complexity index is 1100. The van der Waals surface area contributed by atoms with Crippen molar-refractivity contribution in [3.8, 4) is 0 Å². The maximum atomic E-state index is 12.1. The van der Waals surface area contributed by atoms with E-state index in [-0.39, 0.29) is 16.5 Å². The van der Waals surface area contributed by atoms with Crippen LogP contribution >= 0.6 is 27.7 Å². The fourth-order valence-electron chi connectivity index (χ4n) is 2.22. The summed E-state index contributed by atoms with van der Waals surface area (Å²) in [7, 11) is 0. The van der Waals surface area contributed by atoms with Gasteiger partial charge in [0.25, 0.3) is 17.3 Å². The van der Waals surface area contributed by atoms with E-state index in [1.54, 1.807) is 6.07 Å². The minimum Gasteiger partial charge on any atom is -0.299 e. The Morgan fingerprint density at radius 3 is 2.38 bits per heavy atom. The highest BCUT2D eigenvalue weighted by Gasteiger charge is 2.24. The lowest BCUT2D eigenvalue weighted by Crippen LogP contribution is -2.19. The lowest BCUT2D eigenvalue weighted by molar-refractivity contribution is -0.385. The molecule has 0 saturated carbocycles.